The minimum Gasteiger partial charge on any atom is -0.396 e. The monoisotopic (exact) mass is 297 g/mol. The van der Waals surface area contributed by atoms with Crippen LogP contribution in [0.15, 0.2) is 29.2 Å². The number of benzene rings is 1. The van der Waals surface area contributed by atoms with E-state index in [1.807, 2.05) is 6.92 Å². The largest absolute Gasteiger partial charge is 0.396 e. The van der Waals surface area contributed by atoms with Gasteiger partial charge in [-0.1, -0.05) is 6.92 Å². The fourth-order valence-corrected chi connectivity index (χ4v) is 3.24. The zero-order chi connectivity index (χ0) is 14.9. The minimum atomic E-state index is -3.63. The fourth-order valence-electron chi connectivity index (χ4n) is 1.86. The molecular formula is C13H16FN3O2S. The Morgan fingerprint density at radius 1 is 1.35 bits per heavy atom. The van der Waals surface area contributed by atoms with Gasteiger partial charge in [0.1, 0.15) is 5.82 Å². The van der Waals surface area contributed by atoms with Crippen molar-refractivity contribution in [1.29, 1.82) is 0 Å². The Morgan fingerprint density at radius 3 is 2.60 bits per heavy atom. The van der Waals surface area contributed by atoms with E-state index in [9.17, 15) is 12.8 Å². The summed E-state index contributed by atoms with van der Waals surface area (Å²) in [6, 6.07) is 5.25. The summed E-state index contributed by atoms with van der Waals surface area (Å²) in [7, 11) is -1.94. The van der Waals surface area contributed by atoms with Crippen LogP contribution in [0.1, 0.15) is 18.3 Å². The normalized spacial score (nSPS) is 11.8. The van der Waals surface area contributed by atoms with Crippen LogP contribution < -0.4 is 5.73 Å². The van der Waals surface area contributed by atoms with Gasteiger partial charge in [0.15, 0.2) is 9.84 Å². The average Bonchev–Trinajstić information content (AvgIpc) is 2.73. The molecule has 0 fully saturated rings. The van der Waals surface area contributed by atoms with Crippen molar-refractivity contribution in [2.24, 2.45) is 7.05 Å². The van der Waals surface area contributed by atoms with Gasteiger partial charge in [-0.15, -0.1) is 0 Å². The van der Waals surface area contributed by atoms with Gasteiger partial charge in [-0.3, -0.25) is 4.68 Å². The summed E-state index contributed by atoms with van der Waals surface area (Å²) in [5.74, 6) is -0.954. The molecule has 0 atom stereocenters. The molecule has 1 heterocycles. The van der Waals surface area contributed by atoms with E-state index in [-0.39, 0.29) is 16.3 Å². The van der Waals surface area contributed by atoms with E-state index in [4.69, 9.17) is 5.73 Å². The second-order valence-electron chi connectivity index (χ2n) is 4.55. The van der Waals surface area contributed by atoms with Crippen molar-refractivity contribution in [1.82, 2.24) is 9.78 Å². The average molecular weight is 297 g/mol. The van der Waals surface area contributed by atoms with Crippen molar-refractivity contribution >= 4 is 15.5 Å². The molecule has 5 nitrogen and oxygen atoms in total. The fraction of sp³-hybridized carbons (Fsp3) is 0.308. The SMILES string of the molecule is CCc1cc(CS(=O)(=O)c2ccc(N)c(F)c2)n(C)n1. The Morgan fingerprint density at radius 2 is 2.05 bits per heavy atom. The molecule has 7 heteroatoms. The first-order valence-corrected chi connectivity index (χ1v) is 7.78. The van der Waals surface area contributed by atoms with E-state index in [0.29, 0.717) is 5.69 Å². The number of nitrogens with two attached hydrogens (primary N) is 1. The third-order valence-electron chi connectivity index (χ3n) is 3.06. The summed E-state index contributed by atoms with van der Waals surface area (Å²) in [5, 5.41) is 4.20. The number of aryl methyl sites for hydroxylation is 2. The van der Waals surface area contributed by atoms with E-state index in [2.05, 4.69) is 5.10 Å². The van der Waals surface area contributed by atoms with Crippen LogP contribution in [0.4, 0.5) is 10.1 Å². The smallest absolute Gasteiger partial charge is 0.184 e. The van der Waals surface area contributed by atoms with E-state index in [1.54, 1.807) is 13.1 Å². The standard InChI is InChI=1S/C13H16FN3O2S/c1-3-9-6-10(17(2)16-9)8-20(18,19)11-4-5-13(15)12(14)7-11/h4-7H,3,8,15H2,1-2H3. The Kier molecular flexibility index (Phi) is 3.80. The summed E-state index contributed by atoms with van der Waals surface area (Å²) in [6.45, 7) is 1.94. The van der Waals surface area contributed by atoms with Gasteiger partial charge in [-0.25, -0.2) is 12.8 Å². The molecule has 1 aromatic carbocycles. The number of halogens is 1. The lowest BCUT2D eigenvalue weighted by Gasteiger charge is -2.06. The third kappa shape index (κ3) is 2.82. The van der Waals surface area contributed by atoms with Crippen molar-refractivity contribution in [3.8, 4) is 0 Å². The predicted molar refractivity (Wildman–Crippen MR) is 74.3 cm³/mol. The topological polar surface area (TPSA) is 78.0 Å². The van der Waals surface area contributed by atoms with Gasteiger partial charge in [0.2, 0.25) is 0 Å². The number of aromatic nitrogens is 2. The number of anilines is 1. The first-order valence-electron chi connectivity index (χ1n) is 6.13. The van der Waals surface area contributed by atoms with Crippen molar-refractivity contribution in [2.45, 2.75) is 24.0 Å². The van der Waals surface area contributed by atoms with Crippen molar-refractivity contribution in [2.75, 3.05) is 5.73 Å². The first-order chi connectivity index (χ1) is 9.33. The predicted octanol–water partition coefficient (Wildman–Crippen LogP) is 1.68. The molecule has 1 aromatic heterocycles. The highest BCUT2D eigenvalue weighted by atomic mass is 32.2. The Labute approximate surface area is 117 Å². The molecule has 0 saturated heterocycles. The molecule has 2 rings (SSSR count). The zero-order valence-corrected chi connectivity index (χ0v) is 12.1. The van der Waals surface area contributed by atoms with Crippen LogP contribution in [0.2, 0.25) is 0 Å². The Bertz CT molecular complexity index is 738. The van der Waals surface area contributed by atoms with Crippen LogP contribution in [0.25, 0.3) is 0 Å². The number of hydrogen-bond donors (Lipinski definition) is 1. The van der Waals surface area contributed by atoms with Crippen molar-refractivity contribution < 1.29 is 12.8 Å². The number of sulfone groups is 1. The maximum Gasteiger partial charge on any atom is 0.184 e. The quantitative estimate of drug-likeness (QED) is 0.871. The van der Waals surface area contributed by atoms with E-state index < -0.39 is 15.7 Å². The minimum absolute atomic E-state index is 0.0715. The number of rotatable bonds is 4. The highest BCUT2D eigenvalue weighted by Crippen LogP contribution is 2.20. The van der Waals surface area contributed by atoms with E-state index >= 15 is 0 Å². The molecule has 0 spiro atoms. The van der Waals surface area contributed by atoms with Gasteiger partial charge in [0, 0.05) is 7.05 Å². The molecule has 0 aliphatic carbocycles. The second kappa shape index (κ2) is 5.24. The molecule has 0 aliphatic rings. The number of nitrogen functional groups attached to an aromatic ring is 1. The van der Waals surface area contributed by atoms with Gasteiger partial charge >= 0.3 is 0 Å². The van der Waals surface area contributed by atoms with Crippen molar-refractivity contribution in [3.63, 3.8) is 0 Å². The van der Waals surface area contributed by atoms with Gasteiger partial charge in [0.25, 0.3) is 0 Å². The molecule has 0 unspecified atom stereocenters. The summed E-state index contributed by atoms with van der Waals surface area (Å²) < 4.78 is 39.4. The molecule has 2 N–H and O–H groups in total. The highest BCUT2D eigenvalue weighted by Gasteiger charge is 2.19. The number of hydrogen-bond acceptors (Lipinski definition) is 4. The van der Waals surface area contributed by atoms with Crippen LogP contribution >= 0.6 is 0 Å². The zero-order valence-electron chi connectivity index (χ0n) is 11.3. The molecule has 0 bridgehead atoms. The van der Waals surface area contributed by atoms with E-state index in [0.717, 1.165) is 18.2 Å². The van der Waals surface area contributed by atoms with Gasteiger partial charge in [-0.2, -0.15) is 5.10 Å². The third-order valence-corrected chi connectivity index (χ3v) is 4.71. The van der Waals surface area contributed by atoms with Crippen LogP contribution in [-0.4, -0.2) is 18.2 Å². The molecule has 2 aromatic rings. The van der Waals surface area contributed by atoms with Gasteiger partial charge in [-0.05, 0) is 30.7 Å². The second-order valence-corrected chi connectivity index (χ2v) is 6.54. The molecule has 20 heavy (non-hydrogen) atoms. The molecule has 0 amide bonds. The Balaban J connectivity index is 2.35. The highest BCUT2D eigenvalue weighted by molar-refractivity contribution is 7.90. The van der Waals surface area contributed by atoms with Gasteiger partial charge in [0.05, 0.1) is 27.7 Å². The molecular weight excluding hydrogens is 281 g/mol. The van der Waals surface area contributed by atoms with Crippen LogP contribution in [0.3, 0.4) is 0 Å². The lowest BCUT2D eigenvalue weighted by Crippen LogP contribution is -2.09. The lowest BCUT2D eigenvalue weighted by molar-refractivity contribution is 0.587. The molecule has 0 radical (unpaired) electrons. The van der Waals surface area contributed by atoms with E-state index in [1.165, 1.54) is 16.8 Å². The van der Waals surface area contributed by atoms with Gasteiger partial charge < -0.3 is 5.73 Å². The molecule has 0 aliphatic heterocycles. The summed E-state index contributed by atoms with van der Waals surface area (Å²) in [5.41, 5.74) is 6.66. The Hall–Kier alpha value is -1.89. The van der Waals surface area contributed by atoms with Crippen molar-refractivity contribution in [3.05, 3.63) is 41.5 Å². The maximum atomic E-state index is 13.4. The molecule has 108 valence electrons. The number of nitrogens with zero attached hydrogens (tertiary/aromatic N) is 2. The van der Waals surface area contributed by atoms with Crippen LogP contribution in [-0.2, 0) is 29.1 Å². The first kappa shape index (κ1) is 14.5. The maximum absolute atomic E-state index is 13.4. The summed E-state index contributed by atoms with van der Waals surface area (Å²) in [6.07, 6.45) is 0.727. The molecule has 0 saturated carbocycles. The van der Waals surface area contributed by atoms with Crippen LogP contribution in [0.5, 0.6) is 0 Å². The summed E-state index contributed by atoms with van der Waals surface area (Å²) >= 11 is 0. The summed E-state index contributed by atoms with van der Waals surface area (Å²) in [4.78, 5) is -0.0801. The van der Waals surface area contributed by atoms with Crippen LogP contribution in [0, 0.1) is 5.82 Å². The lowest BCUT2D eigenvalue weighted by atomic mass is 10.3.